The van der Waals surface area contributed by atoms with E-state index < -0.39 is 5.97 Å². The van der Waals surface area contributed by atoms with Crippen LogP contribution in [0.5, 0.6) is 0 Å². The molecule has 1 aliphatic rings. The SMILES string of the molecule is CCCCCCCCC(COCC1CO1)C(OC(C)C)(OC(C)C)OC(C)C. The van der Waals surface area contributed by atoms with Gasteiger partial charge in [0.05, 0.1) is 44.1 Å². The Labute approximate surface area is 173 Å². The first-order valence-corrected chi connectivity index (χ1v) is 11.5. The van der Waals surface area contributed by atoms with E-state index >= 15 is 0 Å². The first-order valence-electron chi connectivity index (χ1n) is 11.5. The number of unbranched alkanes of at least 4 members (excludes halogenated alkanes) is 5. The highest BCUT2D eigenvalue weighted by molar-refractivity contribution is 4.76. The van der Waals surface area contributed by atoms with Crippen LogP contribution in [0.2, 0.25) is 0 Å². The number of ether oxygens (including phenoxy) is 5. The molecule has 1 heterocycles. The molecular formula is C23H46O5. The summed E-state index contributed by atoms with van der Waals surface area (Å²) < 4.78 is 30.3. The van der Waals surface area contributed by atoms with Crippen LogP contribution in [0.4, 0.5) is 0 Å². The molecule has 0 N–H and O–H groups in total. The third kappa shape index (κ3) is 11.1. The van der Waals surface area contributed by atoms with Crippen molar-refractivity contribution in [2.45, 2.75) is 124 Å². The number of hydrogen-bond donors (Lipinski definition) is 0. The molecule has 0 saturated carbocycles. The molecule has 0 bridgehead atoms. The number of hydrogen-bond acceptors (Lipinski definition) is 5. The van der Waals surface area contributed by atoms with E-state index in [1.165, 1.54) is 32.1 Å². The van der Waals surface area contributed by atoms with E-state index in [2.05, 4.69) is 6.92 Å². The van der Waals surface area contributed by atoms with Crippen molar-refractivity contribution >= 4 is 0 Å². The van der Waals surface area contributed by atoms with Gasteiger partial charge in [-0.05, 0) is 48.0 Å². The molecule has 0 spiro atoms. The van der Waals surface area contributed by atoms with E-state index in [1.807, 2.05) is 41.5 Å². The van der Waals surface area contributed by atoms with Crippen LogP contribution >= 0.6 is 0 Å². The zero-order valence-electron chi connectivity index (χ0n) is 19.5. The highest BCUT2D eigenvalue weighted by Crippen LogP contribution is 2.34. The molecule has 0 radical (unpaired) electrons. The maximum absolute atomic E-state index is 6.33. The number of rotatable bonds is 18. The van der Waals surface area contributed by atoms with Crippen LogP contribution in [-0.4, -0.2) is 50.2 Å². The lowest BCUT2D eigenvalue weighted by Crippen LogP contribution is -2.52. The maximum Gasteiger partial charge on any atom is 0.288 e. The second kappa shape index (κ2) is 13.9. The van der Waals surface area contributed by atoms with Crippen molar-refractivity contribution in [3.63, 3.8) is 0 Å². The third-order valence-corrected chi connectivity index (χ3v) is 4.63. The molecule has 5 heteroatoms. The Morgan fingerprint density at radius 1 is 0.821 bits per heavy atom. The normalized spacial score (nSPS) is 18.4. The minimum Gasteiger partial charge on any atom is -0.378 e. The van der Waals surface area contributed by atoms with E-state index in [9.17, 15) is 0 Å². The fourth-order valence-corrected chi connectivity index (χ4v) is 3.40. The Hall–Kier alpha value is -0.200. The van der Waals surface area contributed by atoms with Crippen molar-refractivity contribution in [2.24, 2.45) is 5.92 Å². The van der Waals surface area contributed by atoms with Gasteiger partial charge in [0.2, 0.25) is 0 Å². The second-order valence-corrected chi connectivity index (χ2v) is 8.85. The molecule has 5 nitrogen and oxygen atoms in total. The zero-order chi connectivity index (χ0) is 21.0. The van der Waals surface area contributed by atoms with E-state index in [-0.39, 0.29) is 30.3 Å². The van der Waals surface area contributed by atoms with E-state index in [4.69, 9.17) is 23.7 Å². The molecular weight excluding hydrogens is 356 g/mol. The largest absolute Gasteiger partial charge is 0.378 e. The van der Waals surface area contributed by atoms with Crippen molar-refractivity contribution in [1.82, 2.24) is 0 Å². The monoisotopic (exact) mass is 402 g/mol. The van der Waals surface area contributed by atoms with Crippen molar-refractivity contribution < 1.29 is 23.7 Å². The van der Waals surface area contributed by atoms with Crippen LogP contribution in [-0.2, 0) is 23.7 Å². The van der Waals surface area contributed by atoms with Gasteiger partial charge in [-0.3, -0.25) is 0 Å². The molecule has 1 saturated heterocycles. The summed E-state index contributed by atoms with van der Waals surface area (Å²) in [6.45, 7) is 16.4. The molecule has 2 unspecified atom stereocenters. The van der Waals surface area contributed by atoms with Gasteiger partial charge in [-0.1, -0.05) is 45.4 Å². The standard InChI is InChI=1S/C23H46O5/c1-8-9-10-11-12-13-14-21(15-24-16-22-17-25-22)23(26-18(2)3,27-19(4)5)28-20(6)7/h18-22H,8-17H2,1-7H3. The summed E-state index contributed by atoms with van der Waals surface area (Å²) in [5.74, 6) is -1.06. The molecule has 0 aromatic rings. The van der Waals surface area contributed by atoms with Gasteiger partial charge in [0, 0.05) is 0 Å². The Morgan fingerprint density at radius 2 is 1.32 bits per heavy atom. The summed E-state index contributed by atoms with van der Waals surface area (Å²) in [6.07, 6.45) is 8.75. The van der Waals surface area contributed by atoms with Gasteiger partial charge in [-0.2, -0.15) is 0 Å². The van der Waals surface area contributed by atoms with Crippen molar-refractivity contribution in [2.75, 3.05) is 19.8 Å². The van der Waals surface area contributed by atoms with Crippen molar-refractivity contribution in [3.8, 4) is 0 Å². The van der Waals surface area contributed by atoms with Gasteiger partial charge in [-0.25, -0.2) is 0 Å². The molecule has 1 fully saturated rings. The van der Waals surface area contributed by atoms with Crippen LogP contribution < -0.4 is 0 Å². The van der Waals surface area contributed by atoms with Crippen LogP contribution in [0.3, 0.4) is 0 Å². The Kier molecular flexibility index (Phi) is 12.8. The van der Waals surface area contributed by atoms with Crippen LogP contribution in [0.15, 0.2) is 0 Å². The molecule has 2 atom stereocenters. The molecule has 1 aliphatic heterocycles. The fraction of sp³-hybridized carbons (Fsp3) is 1.00. The Balaban J connectivity index is 2.82. The summed E-state index contributed by atoms with van der Waals surface area (Å²) >= 11 is 0. The average Bonchev–Trinajstić information content (AvgIpc) is 3.38. The third-order valence-electron chi connectivity index (χ3n) is 4.63. The fourth-order valence-electron chi connectivity index (χ4n) is 3.40. The van der Waals surface area contributed by atoms with E-state index in [0.29, 0.717) is 13.2 Å². The van der Waals surface area contributed by atoms with E-state index in [0.717, 1.165) is 19.4 Å². The van der Waals surface area contributed by atoms with Crippen molar-refractivity contribution in [1.29, 1.82) is 0 Å². The summed E-state index contributed by atoms with van der Waals surface area (Å²) in [4.78, 5) is 0. The quantitative estimate of drug-likeness (QED) is 0.167. The Morgan fingerprint density at radius 3 is 1.79 bits per heavy atom. The molecule has 28 heavy (non-hydrogen) atoms. The molecule has 0 amide bonds. The van der Waals surface area contributed by atoms with Gasteiger partial charge in [0.1, 0.15) is 6.10 Å². The summed E-state index contributed by atoms with van der Waals surface area (Å²) in [6, 6.07) is 0. The molecule has 0 aliphatic carbocycles. The molecule has 0 aromatic heterocycles. The van der Waals surface area contributed by atoms with Gasteiger partial charge < -0.3 is 23.7 Å². The van der Waals surface area contributed by atoms with Gasteiger partial charge >= 0.3 is 0 Å². The van der Waals surface area contributed by atoms with Gasteiger partial charge in [-0.15, -0.1) is 0 Å². The maximum atomic E-state index is 6.33. The van der Waals surface area contributed by atoms with E-state index in [1.54, 1.807) is 0 Å². The number of epoxide rings is 1. The van der Waals surface area contributed by atoms with Gasteiger partial charge in [0.25, 0.3) is 5.97 Å². The lowest BCUT2D eigenvalue weighted by Gasteiger charge is -2.43. The highest BCUT2D eigenvalue weighted by Gasteiger charge is 2.45. The lowest BCUT2D eigenvalue weighted by molar-refractivity contribution is -0.435. The van der Waals surface area contributed by atoms with Crippen LogP contribution in [0.1, 0.15) is 93.4 Å². The topological polar surface area (TPSA) is 49.5 Å². The Bertz CT molecular complexity index is 353. The highest BCUT2D eigenvalue weighted by atomic mass is 16.9. The molecule has 168 valence electrons. The average molecular weight is 403 g/mol. The first kappa shape index (κ1) is 25.8. The summed E-state index contributed by atoms with van der Waals surface area (Å²) in [7, 11) is 0. The first-order chi connectivity index (χ1) is 13.3. The lowest BCUT2D eigenvalue weighted by atomic mass is 9.97. The van der Waals surface area contributed by atoms with Crippen LogP contribution in [0.25, 0.3) is 0 Å². The summed E-state index contributed by atoms with van der Waals surface area (Å²) in [5, 5.41) is 0. The summed E-state index contributed by atoms with van der Waals surface area (Å²) in [5.41, 5.74) is 0. The minimum atomic E-state index is -1.08. The van der Waals surface area contributed by atoms with Crippen molar-refractivity contribution in [3.05, 3.63) is 0 Å². The molecule has 0 aromatic carbocycles. The van der Waals surface area contributed by atoms with Gasteiger partial charge in [0.15, 0.2) is 0 Å². The zero-order valence-corrected chi connectivity index (χ0v) is 19.5. The smallest absolute Gasteiger partial charge is 0.288 e. The molecule has 1 rings (SSSR count). The minimum absolute atomic E-state index is 0.00341. The second-order valence-electron chi connectivity index (χ2n) is 8.85. The predicted octanol–water partition coefficient (Wildman–Crippen LogP) is 5.70. The van der Waals surface area contributed by atoms with Crippen LogP contribution in [0, 0.1) is 5.92 Å². The predicted molar refractivity (Wildman–Crippen MR) is 113 cm³/mol.